The number of likely N-dealkylation sites (tertiary alicyclic amines) is 1. The Balaban J connectivity index is 2.55. The van der Waals surface area contributed by atoms with Crippen molar-refractivity contribution < 1.29 is 14.3 Å². The third-order valence-electron chi connectivity index (χ3n) is 4.07. The lowest BCUT2D eigenvalue weighted by Gasteiger charge is -2.36. The molecule has 0 bridgehead atoms. The number of carbonyl (C=O) groups is 2. The summed E-state index contributed by atoms with van der Waals surface area (Å²) < 4.78 is 5.37. The second-order valence-corrected chi connectivity index (χ2v) is 7.92. The Labute approximate surface area is 140 Å². The van der Waals surface area contributed by atoms with Crippen LogP contribution in [0.25, 0.3) is 0 Å². The first kappa shape index (κ1) is 19.7. The van der Waals surface area contributed by atoms with Crippen LogP contribution in [-0.2, 0) is 9.53 Å². The minimum atomic E-state index is -0.496. The van der Waals surface area contributed by atoms with E-state index in [1.54, 1.807) is 11.9 Å². The lowest BCUT2D eigenvalue weighted by atomic mass is 9.95. The van der Waals surface area contributed by atoms with E-state index in [-0.39, 0.29) is 23.8 Å². The van der Waals surface area contributed by atoms with Crippen LogP contribution in [0.5, 0.6) is 0 Å². The minimum absolute atomic E-state index is 0.0182. The maximum atomic E-state index is 12.4. The van der Waals surface area contributed by atoms with Gasteiger partial charge in [-0.25, -0.2) is 4.79 Å². The van der Waals surface area contributed by atoms with Crippen LogP contribution in [-0.4, -0.2) is 60.1 Å². The Morgan fingerprint density at radius 3 is 2.48 bits per heavy atom. The van der Waals surface area contributed by atoms with Gasteiger partial charge >= 0.3 is 6.09 Å². The van der Waals surface area contributed by atoms with Gasteiger partial charge < -0.3 is 20.3 Å². The molecule has 0 unspecified atom stereocenters. The van der Waals surface area contributed by atoms with Crippen LogP contribution in [0.1, 0.15) is 47.5 Å². The molecule has 1 saturated heterocycles. The van der Waals surface area contributed by atoms with E-state index in [1.807, 2.05) is 39.5 Å². The van der Waals surface area contributed by atoms with Crippen LogP contribution in [0.3, 0.4) is 0 Å². The fourth-order valence-corrected chi connectivity index (χ4v) is 2.71. The van der Waals surface area contributed by atoms with Crippen molar-refractivity contribution in [3.05, 3.63) is 0 Å². The Kier molecular flexibility index (Phi) is 6.86. The molecule has 1 fully saturated rings. The molecule has 0 aromatic carbocycles. The van der Waals surface area contributed by atoms with Crippen molar-refractivity contribution in [3.63, 3.8) is 0 Å². The summed E-state index contributed by atoms with van der Waals surface area (Å²) in [5.41, 5.74) is 5.48. The first-order chi connectivity index (χ1) is 10.5. The summed E-state index contributed by atoms with van der Waals surface area (Å²) in [5.74, 6) is 0.418. The molecule has 0 aromatic rings. The number of hydrogen-bond donors (Lipinski definition) is 1. The normalized spacial score (nSPS) is 20.3. The molecule has 1 rings (SSSR count). The first-order valence-electron chi connectivity index (χ1n) is 8.49. The summed E-state index contributed by atoms with van der Waals surface area (Å²) in [7, 11) is 1.74. The predicted molar refractivity (Wildman–Crippen MR) is 91.0 cm³/mol. The smallest absolute Gasteiger partial charge is 0.410 e. The van der Waals surface area contributed by atoms with E-state index in [2.05, 4.69) is 0 Å². The molecule has 134 valence electrons. The van der Waals surface area contributed by atoms with Crippen LogP contribution in [0, 0.1) is 11.8 Å². The lowest BCUT2D eigenvalue weighted by Crippen LogP contribution is -2.51. The number of carbonyl (C=O) groups excluding carboxylic acids is 2. The molecule has 0 aliphatic carbocycles. The van der Waals surface area contributed by atoms with Gasteiger partial charge in [-0.05, 0) is 45.4 Å². The second-order valence-electron chi connectivity index (χ2n) is 7.92. The molecule has 2 atom stereocenters. The van der Waals surface area contributed by atoms with Crippen LogP contribution >= 0.6 is 0 Å². The molecule has 2 amide bonds. The van der Waals surface area contributed by atoms with E-state index in [4.69, 9.17) is 10.5 Å². The molecule has 0 saturated carbocycles. The van der Waals surface area contributed by atoms with Crippen molar-refractivity contribution in [1.29, 1.82) is 0 Å². The van der Waals surface area contributed by atoms with E-state index in [0.29, 0.717) is 13.1 Å². The van der Waals surface area contributed by atoms with Crippen molar-refractivity contribution in [1.82, 2.24) is 9.80 Å². The van der Waals surface area contributed by atoms with E-state index in [9.17, 15) is 9.59 Å². The van der Waals surface area contributed by atoms with Gasteiger partial charge in [-0.2, -0.15) is 0 Å². The SMILES string of the molecule is CC(C)[C@H](N)C(=O)N1CCC[C@H](CN(C)C(=O)OC(C)(C)C)C1. The number of ether oxygens (including phenoxy) is 1. The highest BCUT2D eigenvalue weighted by Gasteiger charge is 2.30. The molecule has 0 spiro atoms. The zero-order chi connectivity index (χ0) is 17.8. The van der Waals surface area contributed by atoms with Gasteiger partial charge in [0, 0.05) is 26.7 Å². The van der Waals surface area contributed by atoms with Crippen LogP contribution in [0.4, 0.5) is 4.79 Å². The van der Waals surface area contributed by atoms with Crippen LogP contribution in [0.15, 0.2) is 0 Å². The monoisotopic (exact) mass is 327 g/mol. The van der Waals surface area contributed by atoms with Gasteiger partial charge in [0.2, 0.25) is 5.91 Å². The molecule has 1 aliphatic rings. The standard InChI is InChI=1S/C17H33N3O3/c1-12(2)14(18)15(21)20-9-7-8-13(11-20)10-19(6)16(22)23-17(3,4)5/h12-14H,7-11,18H2,1-6H3/t13-,14+/m1/s1. The van der Waals surface area contributed by atoms with Gasteiger partial charge in [-0.1, -0.05) is 13.8 Å². The number of rotatable bonds is 4. The van der Waals surface area contributed by atoms with Gasteiger partial charge in [-0.15, -0.1) is 0 Å². The fraction of sp³-hybridized carbons (Fsp3) is 0.882. The summed E-state index contributed by atoms with van der Waals surface area (Å²) in [6.07, 6.45) is 1.64. The van der Waals surface area contributed by atoms with Gasteiger partial charge in [0.15, 0.2) is 0 Å². The summed E-state index contributed by atoms with van der Waals surface area (Å²) in [6.45, 7) is 11.5. The van der Waals surface area contributed by atoms with E-state index in [1.165, 1.54) is 0 Å². The highest BCUT2D eigenvalue weighted by Crippen LogP contribution is 2.20. The van der Waals surface area contributed by atoms with Crippen molar-refractivity contribution in [2.45, 2.75) is 59.1 Å². The number of amides is 2. The van der Waals surface area contributed by atoms with E-state index in [0.717, 1.165) is 19.4 Å². The van der Waals surface area contributed by atoms with Crippen molar-refractivity contribution >= 4 is 12.0 Å². The van der Waals surface area contributed by atoms with Gasteiger partial charge in [0.25, 0.3) is 0 Å². The lowest BCUT2D eigenvalue weighted by molar-refractivity contribution is -0.135. The molecule has 1 aliphatic heterocycles. The number of nitrogens with two attached hydrogens (primary N) is 1. The molecular formula is C17H33N3O3. The van der Waals surface area contributed by atoms with Crippen molar-refractivity contribution in [3.8, 4) is 0 Å². The molecule has 6 heteroatoms. The molecule has 2 N–H and O–H groups in total. The largest absolute Gasteiger partial charge is 0.444 e. The highest BCUT2D eigenvalue weighted by molar-refractivity contribution is 5.82. The minimum Gasteiger partial charge on any atom is -0.444 e. The highest BCUT2D eigenvalue weighted by atomic mass is 16.6. The van der Waals surface area contributed by atoms with Gasteiger partial charge in [0.1, 0.15) is 5.60 Å². The zero-order valence-corrected chi connectivity index (χ0v) is 15.5. The second kappa shape index (κ2) is 7.99. The maximum Gasteiger partial charge on any atom is 0.410 e. The number of hydrogen-bond acceptors (Lipinski definition) is 4. The number of piperidine rings is 1. The van der Waals surface area contributed by atoms with Crippen LogP contribution < -0.4 is 5.73 Å². The van der Waals surface area contributed by atoms with Gasteiger partial charge in [-0.3, -0.25) is 4.79 Å². The topological polar surface area (TPSA) is 75.9 Å². The van der Waals surface area contributed by atoms with E-state index < -0.39 is 11.6 Å². The molecule has 1 heterocycles. The third kappa shape index (κ3) is 6.37. The molecule has 0 aromatic heterocycles. The van der Waals surface area contributed by atoms with Crippen LogP contribution in [0.2, 0.25) is 0 Å². The summed E-state index contributed by atoms with van der Waals surface area (Å²) in [5, 5.41) is 0. The summed E-state index contributed by atoms with van der Waals surface area (Å²) >= 11 is 0. The molecular weight excluding hydrogens is 294 g/mol. The predicted octanol–water partition coefficient (Wildman–Crippen LogP) is 2.08. The quantitative estimate of drug-likeness (QED) is 0.857. The Hall–Kier alpha value is -1.30. The average molecular weight is 327 g/mol. The Morgan fingerprint density at radius 1 is 1.35 bits per heavy atom. The molecule has 0 radical (unpaired) electrons. The fourth-order valence-electron chi connectivity index (χ4n) is 2.71. The Morgan fingerprint density at radius 2 is 1.96 bits per heavy atom. The van der Waals surface area contributed by atoms with Crippen molar-refractivity contribution in [2.75, 3.05) is 26.7 Å². The number of nitrogens with zero attached hydrogens (tertiary/aromatic N) is 2. The molecule has 23 heavy (non-hydrogen) atoms. The average Bonchev–Trinajstić information content (AvgIpc) is 2.44. The Bertz CT molecular complexity index is 418. The summed E-state index contributed by atoms with van der Waals surface area (Å²) in [6, 6.07) is -0.447. The summed E-state index contributed by atoms with van der Waals surface area (Å²) in [4.78, 5) is 27.9. The maximum absolute atomic E-state index is 12.4. The van der Waals surface area contributed by atoms with E-state index >= 15 is 0 Å². The third-order valence-corrected chi connectivity index (χ3v) is 4.07. The van der Waals surface area contributed by atoms with Gasteiger partial charge in [0.05, 0.1) is 6.04 Å². The van der Waals surface area contributed by atoms with Crippen molar-refractivity contribution in [2.24, 2.45) is 17.6 Å². The first-order valence-corrected chi connectivity index (χ1v) is 8.49. The zero-order valence-electron chi connectivity index (χ0n) is 15.5. The molecule has 6 nitrogen and oxygen atoms in total.